The molecule has 0 aliphatic rings. The van der Waals surface area contributed by atoms with Gasteiger partial charge in [-0.05, 0) is 19.1 Å². The molecular weight excluding hydrogens is 244 g/mol. The predicted octanol–water partition coefficient (Wildman–Crippen LogP) is 0.321. The quantitative estimate of drug-likeness (QED) is 0.409. The zero-order chi connectivity index (χ0) is 4.99. The van der Waals surface area contributed by atoms with Gasteiger partial charge in [-0.15, -0.1) is 0 Å². The summed E-state index contributed by atoms with van der Waals surface area (Å²) in [5.41, 5.74) is 0. The van der Waals surface area contributed by atoms with Crippen LogP contribution in [-0.4, -0.2) is 34.7 Å². The molecule has 0 radical (unpaired) electrons. The van der Waals surface area contributed by atoms with Crippen LogP contribution in [0.5, 0.6) is 0 Å². The number of thiol groups is 1. The third kappa shape index (κ3) is 11.0. The van der Waals surface area contributed by atoms with Crippen LogP contribution in [0.15, 0.2) is 0 Å². The summed E-state index contributed by atoms with van der Waals surface area (Å²) in [6.07, 6.45) is 0. The predicted molar refractivity (Wildman–Crippen MR) is 41.8 cm³/mol. The second-order valence-electron chi connectivity index (χ2n) is 0.699. The summed E-state index contributed by atoms with van der Waals surface area (Å²) in [5.74, 6) is 0. The van der Waals surface area contributed by atoms with E-state index in [0.29, 0.717) is 11.0 Å². The molecule has 44 valence electrons. The Kier molecular flexibility index (Phi) is 11.0. The van der Waals surface area contributed by atoms with Crippen LogP contribution in [0.3, 0.4) is 0 Å². The molecular formula is C3H8OS2Te. The maximum absolute atomic E-state index is 4.64. The fraction of sp³-hybridized carbons (Fsp3) is 0.667. The summed E-state index contributed by atoms with van der Waals surface area (Å²) in [7, 11) is 0. The topological polar surface area (TPSA) is 9.23 Å². The van der Waals surface area contributed by atoms with Crippen molar-refractivity contribution in [3.05, 3.63) is 0 Å². The van der Waals surface area contributed by atoms with E-state index in [0.717, 1.165) is 0 Å². The zero-order valence-corrected chi connectivity index (χ0v) is 8.54. The number of hydrogen-bond donors (Lipinski definition) is 1. The van der Waals surface area contributed by atoms with Crippen molar-refractivity contribution < 1.29 is 4.74 Å². The molecule has 0 aliphatic heterocycles. The molecule has 0 N–H and O–H groups in total. The number of ether oxygens (including phenoxy) is 1. The van der Waals surface area contributed by atoms with Gasteiger partial charge >= 0.3 is 23.7 Å². The van der Waals surface area contributed by atoms with E-state index >= 15 is 0 Å². The molecule has 4 heteroatoms. The van der Waals surface area contributed by atoms with E-state index in [9.17, 15) is 0 Å². The van der Waals surface area contributed by atoms with E-state index in [2.05, 4.69) is 29.6 Å². The van der Waals surface area contributed by atoms with Crippen molar-refractivity contribution in [2.75, 3.05) is 6.61 Å². The molecule has 0 aromatic carbocycles. The molecule has 0 aliphatic carbocycles. The standard InChI is InChI=1S/C3H6OS2.H2Te/c1-2-4-3(5)6;/h2H2,1H3,(H,5,6);1H2. The Labute approximate surface area is 70.9 Å². The monoisotopic (exact) mass is 254 g/mol. The van der Waals surface area contributed by atoms with E-state index in [4.69, 9.17) is 0 Å². The van der Waals surface area contributed by atoms with Crippen molar-refractivity contribution in [2.45, 2.75) is 6.92 Å². The van der Waals surface area contributed by atoms with Crippen LogP contribution in [0.1, 0.15) is 6.92 Å². The first-order valence-electron chi connectivity index (χ1n) is 1.63. The van der Waals surface area contributed by atoms with Gasteiger partial charge in [0.1, 0.15) is 0 Å². The molecule has 7 heavy (non-hydrogen) atoms. The van der Waals surface area contributed by atoms with Crippen molar-refractivity contribution in [3.63, 3.8) is 0 Å². The Hall–Kier alpha value is 1.03. The van der Waals surface area contributed by atoms with Gasteiger partial charge in [-0.25, -0.2) is 0 Å². The van der Waals surface area contributed by atoms with Gasteiger partial charge in [-0.3, -0.25) is 0 Å². The molecule has 0 atom stereocenters. The van der Waals surface area contributed by atoms with Gasteiger partial charge in [0.2, 0.25) is 4.38 Å². The van der Waals surface area contributed by atoms with Gasteiger partial charge in [0.05, 0.1) is 6.61 Å². The molecule has 0 saturated heterocycles. The summed E-state index contributed by atoms with van der Waals surface area (Å²) >= 11 is 8.12. The first-order valence-corrected chi connectivity index (χ1v) is 2.48. The van der Waals surface area contributed by atoms with Crippen LogP contribution < -0.4 is 0 Å². The molecule has 0 saturated carbocycles. The molecule has 0 rings (SSSR count). The first kappa shape index (κ1) is 10.9. The van der Waals surface area contributed by atoms with Gasteiger partial charge in [0, 0.05) is 0 Å². The molecule has 0 heterocycles. The number of rotatable bonds is 1. The van der Waals surface area contributed by atoms with Gasteiger partial charge < -0.3 is 4.74 Å². The van der Waals surface area contributed by atoms with E-state index in [1.165, 1.54) is 0 Å². The Morgan fingerprint density at radius 3 is 2.29 bits per heavy atom. The molecule has 0 unspecified atom stereocenters. The van der Waals surface area contributed by atoms with Crippen molar-refractivity contribution in [1.29, 1.82) is 0 Å². The summed E-state index contributed by atoms with van der Waals surface area (Å²) in [6, 6.07) is 0. The van der Waals surface area contributed by atoms with Crippen LogP contribution in [0.2, 0.25) is 0 Å². The Morgan fingerprint density at radius 2 is 2.29 bits per heavy atom. The van der Waals surface area contributed by atoms with Crippen molar-refractivity contribution in [3.8, 4) is 0 Å². The van der Waals surface area contributed by atoms with Gasteiger partial charge in [0.25, 0.3) is 0 Å². The number of thiocarbonyl (C=S) groups is 1. The van der Waals surface area contributed by atoms with E-state index in [1.54, 1.807) is 0 Å². The van der Waals surface area contributed by atoms with Gasteiger partial charge in [-0.2, -0.15) is 0 Å². The Morgan fingerprint density at radius 1 is 1.86 bits per heavy atom. The summed E-state index contributed by atoms with van der Waals surface area (Å²) < 4.78 is 4.95. The van der Waals surface area contributed by atoms with E-state index in [1.807, 2.05) is 6.92 Å². The molecule has 0 aromatic heterocycles. The van der Waals surface area contributed by atoms with Crippen LogP contribution in [0, 0.1) is 0 Å². The molecule has 0 fully saturated rings. The molecule has 1 nitrogen and oxygen atoms in total. The fourth-order valence-electron chi connectivity index (χ4n) is 0.123. The minimum absolute atomic E-state index is 0. The summed E-state index contributed by atoms with van der Waals surface area (Å²) in [6.45, 7) is 2.48. The average molecular weight is 252 g/mol. The van der Waals surface area contributed by atoms with Gasteiger partial charge in [-0.1, -0.05) is 12.6 Å². The van der Waals surface area contributed by atoms with E-state index in [-0.39, 0.29) is 23.7 Å². The third-order valence-corrected chi connectivity index (χ3v) is 0.515. The first-order chi connectivity index (χ1) is 2.77. The van der Waals surface area contributed by atoms with Crippen LogP contribution in [0.4, 0.5) is 0 Å². The van der Waals surface area contributed by atoms with Crippen molar-refractivity contribution in [1.82, 2.24) is 0 Å². The second-order valence-corrected chi connectivity index (χ2v) is 1.78. The molecule has 0 amide bonds. The average Bonchev–Trinajstić information content (AvgIpc) is 1.35. The number of hydrogen-bond acceptors (Lipinski definition) is 2. The second kappa shape index (κ2) is 7.03. The summed E-state index contributed by atoms with van der Waals surface area (Å²) in [5, 5.41) is 0. The van der Waals surface area contributed by atoms with Crippen molar-refractivity contribution in [2.24, 2.45) is 0 Å². The normalized spacial score (nSPS) is 6.57. The summed E-state index contributed by atoms with van der Waals surface area (Å²) in [4.78, 5) is 0. The molecule has 0 bridgehead atoms. The fourth-order valence-corrected chi connectivity index (χ4v) is 0.370. The van der Waals surface area contributed by atoms with Crippen LogP contribution >= 0.6 is 24.8 Å². The SMILES string of the molecule is CCOC(=S)S.[TeH2]. The third-order valence-electron chi connectivity index (χ3n) is 0.268. The molecule has 0 spiro atoms. The Bertz CT molecular complexity index is 56.9. The zero-order valence-electron chi connectivity index (χ0n) is 3.97. The van der Waals surface area contributed by atoms with Crippen LogP contribution in [0.25, 0.3) is 0 Å². The molecule has 0 aromatic rings. The van der Waals surface area contributed by atoms with Crippen LogP contribution in [-0.2, 0) is 4.74 Å². The van der Waals surface area contributed by atoms with Gasteiger partial charge in [0.15, 0.2) is 0 Å². The maximum atomic E-state index is 4.64. The van der Waals surface area contributed by atoms with Crippen molar-refractivity contribution >= 4 is 52.9 Å². The minimum atomic E-state index is 0. The van der Waals surface area contributed by atoms with E-state index < -0.39 is 0 Å². The Balaban J connectivity index is 0.